The Balaban J connectivity index is 1.95. The maximum absolute atomic E-state index is 11.4. The lowest BCUT2D eigenvalue weighted by molar-refractivity contribution is -0.123. The van der Waals surface area contributed by atoms with E-state index in [1.165, 1.54) is 25.7 Å². The molecule has 1 heteroatoms. The number of carbonyl (C=O) groups excluding carboxylic acids is 1. The van der Waals surface area contributed by atoms with Crippen LogP contribution in [0.15, 0.2) is 0 Å². The minimum atomic E-state index is 0.521. The van der Waals surface area contributed by atoms with Crippen molar-refractivity contribution in [1.29, 1.82) is 0 Å². The molecule has 0 saturated heterocycles. The zero-order valence-electron chi connectivity index (χ0n) is 6.75. The van der Waals surface area contributed by atoms with Crippen LogP contribution in [0.5, 0.6) is 0 Å². The monoisotopic (exact) mass is 150 g/mol. The maximum Gasteiger partial charge on any atom is 0.136 e. The molecular weight excluding hydrogens is 136 g/mol. The van der Waals surface area contributed by atoms with Crippen molar-refractivity contribution in [2.24, 2.45) is 23.7 Å². The Morgan fingerprint density at radius 2 is 2.00 bits per heavy atom. The van der Waals surface area contributed by atoms with E-state index in [2.05, 4.69) is 0 Å². The number of hydrogen-bond donors (Lipinski definition) is 0. The number of carbonyl (C=O) groups is 1. The molecule has 2 bridgehead atoms. The summed E-state index contributed by atoms with van der Waals surface area (Å²) in [6.45, 7) is 0. The fourth-order valence-electron chi connectivity index (χ4n) is 3.79. The second kappa shape index (κ2) is 1.88. The van der Waals surface area contributed by atoms with Crippen LogP contribution in [-0.4, -0.2) is 5.78 Å². The molecule has 3 fully saturated rings. The molecule has 3 rings (SSSR count). The molecule has 4 atom stereocenters. The predicted molar refractivity (Wildman–Crippen MR) is 42.1 cm³/mol. The Labute approximate surface area is 67.2 Å². The van der Waals surface area contributed by atoms with E-state index in [1.54, 1.807) is 0 Å². The van der Waals surface area contributed by atoms with E-state index < -0.39 is 0 Å². The average Bonchev–Trinajstić information content (AvgIpc) is 2.52. The van der Waals surface area contributed by atoms with E-state index in [-0.39, 0.29) is 0 Å². The van der Waals surface area contributed by atoms with E-state index in [9.17, 15) is 4.79 Å². The van der Waals surface area contributed by atoms with Crippen LogP contribution in [0.1, 0.15) is 32.1 Å². The number of rotatable bonds is 0. The third kappa shape index (κ3) is 0.646. The van der Waals surface area contributed by atoms with Crippen LogP contribution in [0.2, 0.25) is 0 Å². The van der Waals surface area contributed by atoms with Gasteiger partial charge in [-0.2, -0.15) is 0 Å². The summed E-state index contributed by atoms with van der Waals surface area (Å²) in [6.07, 6.45) is 6.38. The molecule has 0 N–H and O–H groups in total. The zero-order chi connectivity index (χ0) is 7.42. The molecule has 3 aliphatic carbocycles. The van der Waals surface area contributed by atoms with Gasteiger partial charge in [-0.1, -0.05) is 6.42 Å². The summed E-state index contributed by atoms with van der Waals surface area (Å²) in [4.78, 5) is 11.4. The molecule has 0 aromatic rings. The van der Waals surface area contributed by atoms with Crippen molar-refractivity contribution in [2.45, 2.75) is 32.1 Å². The van der Waals surface area contributed by atoms with E-state index in [1.807, 2.05) is 0 Å². The normalized spacial score (nSPS) is 53.6. The van der Waals surface area contributed by atoms with Crippen molar-refractivity contribution in [3.63, 3.8) is 0 Å². The van der Waals surface area contributed by atoms with Crippen LogP contribution in [0.4, 0.5) is 0 Å². The average molecular weight is 150 g/mol. The van der Waals surface area contributed by atoms with Crippen LogP contribution in [0.3, 0.4) is 0 Å². The Kier molecular flexibility index (Phi) is 1.06. The summed E-state index contributed by atoms with van der Waals surface area (Å²) in [6, 6.07) is 0. The quantitative estimate of drug-likeness (QED) is 0.516. The van der Waals surface area contributed by atoms with Gasteiger partial charge in [-0.15, -0.1) is 0 Å². The molecule has 3 saturated carbocycles. The highest BCUT2D eigenvalue weighted by atomic mass is 16.1. The van der Waals surface area contributed by atoms with Crippen molar-refractivity contribution < 1.29 is 4.79 Å². The summed E-state index contributed by atoms with van der Waals surface area (Å²) >= 11 is 0. The molecule has 0 aromatic heterocycles. The van der Waals surface area contributed by atoms with E-state index in [4.69, 9.17) is 0 Å². The first kappa shape index (κ1) is 6.22. The largest absolute Gasteiger partial charge is 0.299 e. The minimum Gasteiger partial charge on any atom is -0.299 e. The molecule has 0 radical (unpaired) electrons. The molecule has 0 aliphatic heterocycles. The molecule has 60 valence electrons. The lowest BCUT2D eigenvalue weighted by Gasteiger charge is -2.22. The van der Waals surface area contributed by atoms with Crippen molar-refractivity contribution in [3.8, 4) is 0 Å². The van der Waals surface area contributed by atoms with Gasteiger partial charge in [0.1, 0.15) is 5.78 Å². The highest BCUT2D eigenvalue weighted by Crippen LogP contribution is 2.57. The van der Waals surface area contributed by atoms with Crippen LogP contribution >= 0.6 is 0 Å². The molecule has 0 heterocycles. The zero-order valence-corrected chi connectivity index (χ0v) is 6.75. The second-order valence-electron chi connectivity index (χ2n) is 4.53. The molecule has 3 aliphatic rings. The van der Waals surface area contributed by atoms with Crippen LogP contribution in [0, 0.1) is 23.7 Å². The van der Waals surface area contributed by atoms with Gasteiger partial charge in [-0.05, 0) is 37.0 Å². The van der Waals surface area contributed by atoms with Gasteiger partial charge in [0.15, 0.2) is 0 Å². The Bertz CT molecular complexity index is 209. The second-order valence-corrected chi connectivity index (χ2v) is 4.53. The van der Waals surface area contributed by atoms with Gasteiger partial charge in [0.05, 0.1) is 0 Å². The standard InChI is InChI=1S/C10H14O/c11-10-5-6-4-9(10)8-3-1-2-7(6)8/h6-9H,1-5H2/t6-,7-,8+,9+/m1/s1. The molecule has 1 nitrogen and oxygen atoms in total. The lowest BCUT2D eigenvalue weighted by Crippen LogP contribution is -2.23. The Morgan fingerprint density at radius 3 is 2.91 bits per heavy atom. The summed E-state index contributed by atoms with van der Waals surface area (Å²) in [5.41, 5.74) is 0. The molecule has 0 aromatic carbocycles. The van der Waals surface area contributed by atoms with Gasteiger partial charge >= 0.3 is 0 Å². The highest BCUT2D eigenvalue weighted by Gasteiger charge is 2.53. The Hall–Kier alpha value is -0.330. The molecule has 0 amide bonds. The van der Waals surface area contributed by atoms with E-state index in [0.29, 0.717) is 11.7 Å². The third-order valence-electron chi connectivity index (χ3n) is 4.18. The summed E-state index contributed by atoms with van der Waals surface area (Å²) in [5.74, 6) is 3.74. The van der Waals surface area contributed by atoms with Crippen LogP contribution in [0.25, 0.3) is 0 Å². The van der Waals surface area contributed by atoms with Crippen molar-refractivity contribution in [2.75, 3.05) is 0 Å². The predicted octanol–water partition coefficient (Wildman–Crippen LogP) is 2.01. The smallest absolute Gasteiger partial charge is 0.136 e. The van der Waals surface area contributed by atoms with Crippen LogP contribution in [-0.2, 0) is 4.79 Å². The van der Waals surface area contributed by atoms with Gasteiger partial charge in [0, 0.05) is 12.3 Å². The molecular formula is C10H14O. The van der Waals surface area contributed by atoms with Crippen LogP contribution < -0.4 is 0 Å². The van der Waals surface area contributed by atoms with Crippen molar-refractivity contribution in [1.82, 2.24) is 0 Å². The van der Waals surface area contributed by atoms with Gasteiger partial charge < -0.3 is 0 Å². The Morgan fingerprint density at radius 1 is 1.18 bits per heavy atom. The number of ketones is 1. The van der Waals surface area contributed by atoms with Gasteiger partial charge in [0.25, 0.3) is 0 Å². The van der Waals surface area contributed by atoms with Crippen molar-refractivity contribution >= 4 is 5.78 Å². The molecule has 11 heavy (non-hydrogen) atoms. The SMILES string of the molecule is O=C1C[C@H]2C[C@H]1[C@H]1CCC[C@H]21. The summed E-state index contributed by atoms with van der Waals surface area (Å²) in [5, 5.41) is 0. The number of hydrogen-bond acceptors (Lipinski definition) is 1. The lowest BCUT2D eigenvalue weighted by atomic mass is 9.81. The summed E-state index contributed by atoms with van der Waals surface area (Å²) in [7, 11) is 0. The minimum absolute atomic E-state index is 0.521. The fourth-order valence-corrected chi connectivity index (χ4v) is 3.79. The van der Waals surface area contributed by atoms with Crippen molar-refractivity contribution in [3.05, 3.63) is 0 Å². The summed E-state index contributed by atoms with van der Waals surface area (Å²) < 4.78 is 0. The van der Waals surface area contributed by atoms with Gasteiger partial charge in [-0.25, -0.2) is 0 Å². The number of Topliss-reactive ketones (excluding diaryl/α,β-unsaturated/α-hetero) is 1. The van der Waals surface area contributed by atoms with Gasteiger partial charge in [0.2, 0.25) is 0 Å². The highest BCUT2D eigenvalue weighted by molar-refractivity contribution is 5.85. The fraction of sp³-hybridized carbons (Fsp3) is 0.900. The third-order valence-corrected chi connectivity index (χ3v) is 4.18. The topological polar surface area (TPSA) is 17.1 Å². The number of fused-ring (bicyclic) bond motifs is 5. The maximum atomic E-state index is 11.4. The van der Waals surface area contributed by atoms with E-state index >= 15 is 0 Å². The van der Waals surface area contributed by atoms with E-state index in [0.717, 1.165) is 24.2 Å². The van der Waals surface area contributed by atoms with Gasteiger partial charge in [-0.3, -0.25) is 4.79 Å². The first-order chi connectivity index (χ1) is 5.36. The molecule has 0 unspecified atom stereocenters. The first-order valence-corrected chi connectivity index (χ1v) is 4.89. The molecule has 0 spiro atoms. The first-order valence-electron chi connectivity index (χ1n) is 4.89.